The lowest BCUT2D eigenvalue weighted by molar-refractivity contribution is 0.297. The van der Waals surface area contributed by atoms with Gasteiger partial charge in [-0.05, 0) is 42.0 Å². The second-order valence-electron chi connectivity index (χ2n) is 10.0. The molecule has 0 bridgehead atoms. The van der Waals surface area contributed by atoms with Crippen molar-refractivity contribution < 1.29 is 16.8 Å². The summed E-state index contributed by atoms with van der Waals surface area (Å²) in [5.41, 5.74) is 4.10. The molecule has 5 rings (SSSR count). The SMILES string of the molecule is CN([C@@H]1CCN(Cc2ccccc2)C1)S(=O)(=O)NCCc1c(-c2cccc(S(C)(=O)=O)c2)n[nH]c1-c1cccs1. The first-order valence-electron chi connectivity index (χ1n) is 13.0. The molecule has 40 heavy (non-hydrogen) atoms. The van der Waals surface area contributed by atoms with E-state index in [2.05, 4.69) is 32.0 Å². The summed E-state index contributed by atoms with van der Waals surface area (Å²) in [6.45, 7) is 2.49. The number of nitrogens with zero attached hydrogens (tertiary/aromatic N) is 3. The average molecular weight is 600 g/mol. The molecule has 1 aliphatic rings. The van der Waals surface area contributed by atoms with Crippen molar-refractivity contribution in [3.8, 4) is 21.8 Å². The number of thiophene rings is 1. The van der Waals surface area contributed by atoms with Crippen LogP contribution in [0.3, 0.4) is 0 Å². The van der Waals surface area contributed by atoms with Crippen LogP contribution in [0.2, 0.25) is 0 Å². The van der Waals surface area contributed by atoms with Gasteiger partial charge in [0.2, 0.25) is 0 Å². The van der Waals surface area contributed by atoms with Crippen molar-refractivity contribution in [2.45, 2.75) is 30.3 Å². The van der Waals surface area contributed by atoms with E-state index in [9.17, 15) is 16.8 Å². The predicted molar refractivity (Wildman–Crippen MR) is 159 cm³/mol. The fraction of sp³-hybridized carbons (Fsp3) is 0.321. The molecule has 12 heteroatoms. The molecular formula is C28H33N5O4S3. The summed E-state index contributed by atoms with van der Waals surface area (Å²) in [6.07, 6.45) is 2.32. The van der Waals surface area contributed by atoms with E-state index >= 15 is 0 Å². The molecule has 1 fully saturated rings. The minimum atomic E-state index is -3.71. The van der Waals surface area contributed by atoms with Crippen molar-refractivity contribution in [3.63, 3.8) is 0 Å². The highest BCUT2D eigenvalue weighted by molar-refractivity contribution is 7.90. The molecule has 0 aliphatic carbocycles. The van der Waals surface area contributed by atoms with Gasteiger partial charge in [0.15, 0.2) is 9.84 Å². The second kappa shape index (κ2) is 11.9. The number of hydrogen-bond acceptors (Lipinski definition) is 7. The number of likely N-dealkylation sites (tertiary alicyclic amines) is 1. The first kappa shape index (κ1) is 28.7. The minimum Gasteiger partial charge on any atom is -0.297 e. The Morgan fingerprint density at radius 1 is 1.07 bits per heavy atom. The van der Waals surface area contributed by atoms with Gasteiger partial charge in [-0.25, -0.2) is 13.1 Å². The molecule has 1 saturated heterocycles. The van der Waals surface area contributed by atoms with E-state index in [-0.39, 0.29) is 17.5 Å². The number of benzene rings is 2. The highest BCUT2D eigenvalue weighted by Gasteiger charge is 2.32. The third-order valence-corrected chi connectivity index (χ3v) is 10.8. The number of aromatic nitrogens is 2. The largest absolute Gasteiger partial charge is 0.297 e. The van der Waals surface area contributed by atoms with Crippen LogP contribution < -0.4 is 4.72 Å². The number of aromatic amines is 1. The molecule has 0 radical (unpaired) electrons. The molecule has 3 heterocycles. The third-order valence-electron chi connectivity index (χ3n) is 7.22. The maximum Gasteiger partial charge on any atom is 0.279 e. The Kier molecular flexibility index (Phi) is 8.55. The number of nitrogens with one attached hydrogen (secondary N) is 2. The first-order chi connectivity index (χ1) is 19.1. The minimum absolute atomic E-state index is 0.105. The Morgan fingerprint density at radius 3 is 2.60 bits per heavy atom. The van der Waals surface area contributed by atoms with Crippen molar-refractivity contribution in [1.29, 1.82) is 0 Å². The second-order valence-corrected chi connectivity index (χ2v) is 14.8. The van der Waals surface area contributed by atoms with E-state index in [1.54, 1.807) is 36.6 Å². The van der Waals surface area contributed by atoms with Gasteiger partial charge in [0.25, 0.3) is 10.2 Å². The molecule has 9 nitrogen and oxygen atoms in total. The van der Waals surface area contributed by atoms with E-state index in [1.165, 1.54) is 16.1 Å². The van der Waals surface area contributed by atoms with Crippen molar-refractivity contribution in [3.05, 3.63) is 83.2 Å². The van der Waals surface area contributed by atoms with E-state index < -0.39 is 20.0 Å². The summed E-state index contributed by atoms with van der Waals surface area (Å²) in [5, 5.41) is 9.57. The van der Waals surface area contributed by atoms with Crippen molar-refractivity contribution in [2.24, 2.45) is 0 Å². The molecule has 0 amide bonds. The van der Waals surface area contributed by atoms with Crippen molar-refractivity contribution >= 4 is 31.4 Å². The molecule has 4 aromatic rings. The number of H-pyrrole nitrogens is 1. The Hall–Kier alpha value is -2.87. The fourth-order valence-corrected chi connectivity index (χ4v) is 7.59. The lowest BCUT2D eigenvalue weighted by Gasteiger charge is -2.24. The van der Waals surface area contributed by atoms with Crippen LogP contribution in [0.4, 0.5) is 0 Å². The number of likely N-dealkylation sites (N-methyl/N-ethyl adjacent to an activating group) is 1. The highest BCUT2D eigenvalue weighted by atomic mass is 32.2. The lowest BCUT2D eigenvalue weighted by Crippen LogP contribution is -2.45. The topological polar surface area (TPSA) is 115 Å². The van der Waals surface area contributed by atoms with E-state index in [4.69, 9.17) is 0 Å². The number of hydrogen-bond donors (Lipinski definition) is 2. The van der Waals surface area contributed by atoms with E-state index in [0.29, 0.717) is 24.2 Å². The van der Waals surface area contributed by atoms with Crippen LogP contribution in [0.25, 0.3) is 21.8 Å². The van der Waals surface area contributed by atoms with Gasteiger partial charge in [-0.2, -0.15) is 17.8 Å². The molecule has 1 atom stereocenters. The van der Waals surface area contributed by atoms with Crippen LogP contribution in [0.1, 0.15) is 17.5 Å². The zero-order chi connectivity index (χ0) is 28.3. The predicted octanol–water partition coefficient (Wildman–Crippen LogP) is 3.79. The zero-order valence-corrected chi connectivity index (χ0v) is 24.9. The van der Waals surface area contributed by atoms with Gasteiger partial charge in [-0.1, -0.05) is 48.5 Å². The van der Waals surface area contributed by atoms with E-state index in [1.807, 2.05) is 41.8 Å². The van der Waals surface area contributed by atoms with Crippen LogP contribution in [0.5, 0.6) is 0 Å². The van der Waals surface area contributed by atoms with Gasteiger partial charge in [0.05, 0.1) is 21.2 Å². The van der Waals surface area contributed by atoms with Gasteiger partial charge >= 0.3 is 0 Å². The highest BCUT2D eigenvalue weighted by Crippen LogP contribution is 2.33. The summed E-state index contributed by atoms with van der Waals surface area (Å²) in [4.78, 5) is 3.45. The molecule has 2 aromatic carbocycles. The van der Waals surface area contributed by atoms with Gasteiger partial charge in [0.1, 0.15) is 0 Å². The molecule has 0 spiro atoms. The number of sulfone groups is 1. The molecule has 1 aliphatic heterocycles. The average Bonchev–Trinajstić information content (AvgIpc) is 3.70. The van der Waals surface area contributed by atoms with Crippen LogP contribution >= 0.6 is 11.3 Å². The van der Waals surface area contributed by atoms with Crippen molar-refractivity contribution in [2.75, 3.05) is 32.9 Å². The molecule has 212 valence electrons. The molecule has 2 N–H and O–H groups in total. The maximum atomic E-state index is 13.2. The fourth-order valence-electron chi connectivity index (χ4n) is 5.04. The molecule has 2 aromatic heterocycles. The quantitative estimate of drug-likeness (QED) is 0.271. The Labute approximate surface area is 240 Å². The van der Waals surface area contributed by atoms with Gasteiger partial charge in [-0.15, -0.1) is 11.3 Å². The maximum absolute atomic E-state index is 13.2. The van der Waals surface area contributed by atoms with Gasteiger partial charge in [-0.3, -0.25) is 10.00 Å². The number of rotatable bonds is 11. The smallest absolute Gasteiger partial charge is 0.279 e. The molecule has 0 unspecified atom stereocenters. The third kappa shape index (κ3) is 6.54. The normalized spacial score (nSPS) is 16.6. The zero-order valence-electron chi connectivity index (χ0n) is 22.4. The van der Waals surface area contributed by atoms with Gasteiger partial charge < -0.3 is 0 Å². The monoisotopic (exact) mass is 599 g/mol. The van der Waals surface area contributed by atoms with Crippen LogP contribution in [0.15, 0.2) is 77.0 Å². The van der Waals surface area contributed by atoms with Crippen LogP contribution in [-0.2, 0) is 33.0 Å². The summed E-state index contributed by atoms with van der Waals surface area (Å²) >= 11 is 1.55. The first-order valence-corrected chi connectivity index (χ1v) is 17.2. The van der Waals surface area contributed by atoms with E-state index in [0.717, 1.165) is 35.6 Å². The summed E-state index contributed by atoms with van der Waals surface area (Å²) in [6, 6.07) is 20.7. The summed E-state index contributed by atoms with van der Waals surface area (Å²) in [7, 11) is -5.47. The van der Waals surface area contributed by atoms with Gasteiger partial charge in [0, 0.05) is 56.7 Å². The Balaban J connectivity index is 1.29. The van der Waals surface area contributed by atoms with Crippen LogP contribution in [0, 0.1) is 0 Å². The summed E-state index contributed by atoms with van der Waals surface area (Å²) in [5.74, 6) is 0. The summed E-state index contributed by atoms with van der Waals surface area (Å²) < 4.78 is 55.0. The standard InChI is InChI=1S/C28H33N5O4S3/c1-32(23-14-16-33(20-23)19-21-8-4-3-5-9-21)40(36,37)29-15-13-25-27(30-31-28(25)26-12-7-17-38-26)22-10-6-11-24(18-22)39(2,34)35/h3-12,17-18,23,29H,13-16,19-20H2,1-2H3,(H,30,31)/t23-/m1/s1. The Morgan fingerprint density at radius 2 is 1.88 bits per heavy atom. The lowest BCUT2D eigenvalue weighted by atomic mass is 10.0. The molecular weight excluding hydrogens is 567 g/mol. The Bertz CT molecular complexity index is 1650. The molecule has 0 saturated carbocycles. The van der Waals surface area contributed by atoms with Crippen LogP contribution in [-0.4, -0.2) is 75.2 Å². The van der Waals surface area contributed by atoms with Crippen molar-refractivity contribution in [1.82, 2.24) is 24.1 Å².